The normalized spacial score (nSPS) is 26.8. The van der Waals surface area contributed by atoms with Crippen LogP contribution in [0.3, 0.4) is 0 Å². The van der Waals surface area contributed by atoms with Gasteiger partial charge in [0.25, 0.3) is 0 Å². The average Bonchev–Trinajstić information content (AvgIpc) is 2.19. The number of carbonyl (C=O) groups is 1. The maximum absolute atomic E-state index is 10.4. The van der Waals surface area contributed by atoms with Crippen molar-refractivity contribution >= 4 is 5.97 Å². The van der Waals surface area contributed by atoms with E-state index in [0.29, 0.717) is 6.54 Å². The van der Waals surface area contributed by atoms with Crippen molar-refractivity contribution in [2.75, 3.05) is 13.1 Å². The Kier molecular flexibility index (Phi) is 5.53. The topological polar surface area (TPSA) is 49.3 Å². The lowest BCUT2D eigenvalue weighted by Crippen LogP contribution is -2.30. The molecule has 0 spiro atoms. The summed E-state index contributed by atoms with van der Waals surface area (Å²) < 4.78 is 0. The minimum absolute atomic E-state index is 0.690. The molecule has 92 valence electrons. The van der Waals surface area contributed by atoms with Gasteiger partial charge in [0, 0.05) is 12.6 Å². The van der Waals surface area contributed by atoms with Gasteiger partial charge >= 0.3 is 5.97 Å². The van der Waals surface area contributed by atoms with Crippen LogP contribution in [-0.2, 0) is 4.79 Å². The summed E-state index contributed by atoms with van der Waals surface area (Å²) >= 11 is 0. The number of aliphatic carboxylic acids is 1. The minimum Gasteiger partial charge on any atom is -0.478 e. The summed E-state index contributed by atoms with van der Waals surface area (Å²) in [6, 6.07) is 0. The van der Waals surface area contributed by atoms with Crippen molar-refractivity contribution in [3.63, 3.8) is 0 Å². The highest BCUT2D eigenvalue weighted by Crippen LogP contribution is 2.28. The molecule has 1 rings (SSSR count). The zero-order valence-electron chi connectivity index (χ0n) is 10.3. The van der Waals surface area contributed by atoms with Crippen LogP contribution in [0.15, 0.2) is 11.6 Å². The first-order chi connectivity index (χ1) is 7.59. The molecular formula is C13H23NO2. The molecule has 1 aliphatic carbocycles. The third-order valence-corrected chi connectivity index (χ3v) is 3.47. The van der Waals surface area contributed by atoms with E-state index in [-0.39, 0.29) is 0 Å². The predicted molar refractivity (Wildman–Crippen MR) is 65.4 cm³/mol. The molecule has 0 aromatic heterocycles. The summed E-state index contributed by atoms with van der Waals surface area (Å²) in [4.78, 5) is 10.4. The molecule has 2 unspecified atom stereocenters. The van der Waals surface area contributed by atoms with E-state index in [1.807, 2.05) is 6.92 Å². The second kappa shape index (κ2) is 6.69. The third-order valence-electron chi connectivity index (χ3n) is 3.47. The van der Waals surface area contributed by atoms with Crippen molar-refractivity contribution in [1.82, 2.24) is 5.32 Å². The highest BCUT2D eigenvalue weighted by atomic mass is 16.4. The van der Waals surface area contributed by atoms with E-state index >= 15 is 0 Å². The summed E-state index contributed by atoms with van der Waals surface area (Å²) in [7, 11) is 0. The van der Waals surface area contributed by atoms with Gasteiger partial charge in [-0.1, -0.05) is 31.8 Å². The molecule has 2 N–H and O–H groups in total. The van der Waals surface area contributed by atoms with E-state index in [4.69, 9.17) is 5.11 Å². The summed E-state index contributed by atoms with van der Waals surface area (Å²) in [5, 5.41) is 11.9. The zero-order chi connectivity index (χ0) is 12.0. The first-order valence-corrected chi connectivity index (χ1v) is 6.20. The van der Waals surface area contributed by atoms with Gasteiger partial charge in [0.2, 0.25) is 0 Å². The lowest BCUT2D eigenvalue weighted by atomic mass is 9.80. The van der Waals surface area contributed by atoms with Crippen LogP contribution >= 0.6 is 0 Å². The predicted octanol–water partition coefficient (Wildman–Crippen LogP) is 2.43. The highest BCUT2D eigenvalue weighted by Gasteiger charge is 2.20. The van der Waals surface area contributed by atoms with Crippen LogP contribution in [0.1, 0.15) is 39.5 Å². The zero-order valence-corrected chi connectivity index (χ0v) is 10.3. The molecule has 0 aromatic carbocycles. The van der Waals surface area contributed by atoms with Crippen molar-refractivity contribution in [2.45, 2.75) is 39.5 Å². The third kappa shape index (κ3) is 4.79. The molecule has 3 nitrogen and oxygen atoms in total. The first kappa shape index (κ1) is 13.2. The summed E-state index contributed by atoms with van der Waals surface area (Å²) in [6.45, 7) is 5.89. The van der Waals surface area contributed by atoms with Gasteiger partial charge in [-0.05, 0) is 31.7 Å². The number of hydrogen-bond acceptors (Lipinski definition) is 2. The van der Waals surface area contributed by atoms with Gasteiger partial charge in [-0.2, -0.15) is 0 Å². The van der Waals surface area contributed by atoms with Crippen molar-refractivity contribution < 1.29 is 9.90 Å². The van der Waals surface area contributed by atoms with Crippen molar-refractivity contribution in [2.24, 2.45) is 11.8 Å². The van der Waals surface area contributed by atoms with E-state index in [2.05, 4.69) is 12.2 Å². The van der Waals surface area contributed by atoms with Crippen LogP contribution in [0.5, 0.6) is 0 Å². The van der Waals surface area contributed by atoms with E-state index in [1.165, 1.54) is 31.8 Å². The molecule has 1 aliphatic rings. The van der Waals surface area contributed by atoms with Crippen LogP contribution in [-0.4, -0.2) is 24.2 Å². The van der Waals surface area contributed by atoms with Gasteiger partial charge in [0.15, 0.2) is 0 Å². The Balaban J connectivity index is 2.21. The lowest BCUT2D eigenvalue weighted by molar-refractivity contribution is -0.131. The molecule has 0 bridgehead atoms. The van der Waals surface area contributed by atoms with Crippen LogP contribution < -0.4 is 5.32 Å². The summed E-state index contributed by atoms with van der Waals surface area (Å²) in [6.07, 6.45) is 6.65. The van der Waals surface area contributed by atoms with Gasteiger partial charge in [0.1, 0.15) is 0 Å². The number of carboxylic acid groups (broad SMARTS) is 1. The fourth-order valence-electron chi connectivity index (χ4n) is 2.41. The number of carboxylic acids is 1. The second-order valence-corrected chi connectivity index (χ2v) is 4.98. The SMILES string of the molecule is CC(=CC(=O)O)CNCC1CCCCC1C. The second-order valence-electron chi connectivity index (χ2n) is 4.98. The molecule has 0 aromatic rings. The van der Waals surface area contributed by atoms with Gasteiger partial charge < -0.3 is 10.4 Å². The van der Waals surface area contributed by atoms with Gasteiger partial charge in [-0.25, -0.2) is 4.79 Å². The first-order valence-electron chi connectivity index (χ1n) is 6.20. The van der Waals surface area contributed by atoms with Gasteiger partial charge in [-0.3, -0.25) is 0 Å². The average molecular weight is 225 g/mol. The molecule has 0 saturated heterocycles. The molecule has 16 heavy (non-hydrogen) atoms. The number of nitrogens with one attached hydrogen (secondary N) is 1. The molecule has 0 aliphatic heterocycles. The Morgan fingerprint density at radius 1 is 1.44 bits per heavy atom. The molecule has 0 amide bonds. The number of hydrogen-bond donors (Lipinski definition) is 2. The van der Waals surface area contributed by atoms with Crippen LogP contribution in [0, 0.1) is 11.8 Å². The molecule has 1 saturated carbocycles. The molecule has 0 heterocycles. The van der Waals surface area contributed by atoms with Crippen LogP contribution in [0.4, 0.5) is 0 Å². The molecular weight excluding hydrogens is 202 g/mol. The largest absolute Gasteiger partial charge is 0.478 e. The molecule has 3 heteroatoms. The van der Waals surface area contributed by atoms with Gasteiger partial charge in [0.05, 0.1) is 0 Å². The Morgan fingerprint density at radius 3 is 2.75 bits per heavy atom. The van der Waals surface area contributed by atoms with Crippen molar-refractivity contribution in [1.29, 1.82) is 0 Å². The molecule has 2 atom stereocenters. The standard InChI is InChI=1S/C13H23NO2/c1-10(7-13(15)16)8-14-9-12-6-4-3-5-11(12)2/h7,11-12,14H,3-6,8-9H2,1-2H3,(H,15,16). The Morgan fingerprint density at radius 2 is 2.12 bits per heavy atom. The van der Waals surface area contributed by atoms with Crippen molar-refractivity contribution in [3.05, 3.63) is 11.6 Å². The number of rotatable bonds is 5. The van der Waals surface area contributed by atoms with E-state index < -0.39 is 5.97 Å². The Bertz CT molecular complexity index is 261. The summed E-state index contributed by atoms with van der Waals surface area (Å²) in [5.41, 5.74) is 0.885. The van der Waals surface area contributed by atoms with Crippen molar-refractivity contribution in [3.8, 4) is 0 Å². The Hall–Kier alpha value is -0.830. The van der Waals surface area contributed by atoms with E-state index in [9.17, 15) is 4.79 Å². The fraction of sp³-hybridized carbons (Fsp3) is 0.769. The van der Waals surface area contributed by atoms with E-state index in [1.54, 1.807) is 0 Å². The molecule has 0 radical (unpaired) electrons. The highest BCUT2D eigenvalue weighted by molar-refractivity contribution is 5.80. The minimum atomic E-state index is -0.856. The quantitative estimate of drug-likeness (QED) is 0.706. The monoisotopic (exact) mass is 225 g/mol. The van der Waals surface area contributed by atoms with Crippen LogP contribution in [0.2, 0.25) is 0 Å². The lowest BCUT2D eigenvalue weighted by Gasteiger charge is -2.28. The smallest absolute Gasteiger partial charge is 0.328 e. The Labute approximate surface area is 97.9 Å². The van der Waals surface area contributed by atoms with Crippen LogP contribution in [0.25, 0.3) is 0 Å². The fourth-order valence-corrected chi connectivity index (χ4v) is 2.41. The van der Waals surface area contributed by atoms with E-state index in [0.717, 1.165) is 24.0 Å². The summed E-state index contributed by atoms with van der Waals surface area (Å²) in [5.74, 6) is 0.724. The molecule has 1 fully saturated rings. The maximum Gasteiger partial charge on any atom is 0.328 e. The maximum atomic E-state index is 10.4. The van der Waals surface area contributed by atoms with Gasteiger partial charge in [-0.15, -0.1) is 0 Å².